The molecular weight excluding hydrogens is 238 g/mol. The van der Waals surface area contributed by atoms with Crippen molar-refractivity contribution in [3.63, 3.8) is 0 Å². The van der Waals surface area contributed by atoms with E-state index in [0.29, 0.717) is 9.50 Å². The van der Waals surface area contributed by atoms with Crippen molar-refractivity contribution in [2.75, 3.05) is 0 Å². The van der Waals surface area contributed by atoms with Crippen molar-refractivity contribution >= 4 is 40.2 Å². The maximum Gasteiger partial charge on any atom is 0.105 e. The Bertz CT molecular complexity index is 214. The highest BCUT2D eigenvalue weighted by Crippen LogP contribution is 2.25. The molecule has 1 rings (SSSR count). The van der Waals surface area contributed by atoms with E-state index >= 15 is 0 Å². The third-order valence-electron chi connectivity index (χ3n) is 0.975. The molecule has 0 nitrogen and oxygen atoms in total. The van der Waals surface area contributed by atoms with Crippen molar-refractivity contribution in [1.29, 1.82) is 0 Å². The van der Waals surface area contributed by atoms with Gasteiger partial charge in [-0.05, 0) is 22.0 Å². The molecule has 0 saturated carbocycles. The lowest BCUT2D eigenvalue weighted by Gasteiger charge is -2.07. The van der Waals surface area contributed by atoms with Crippen LogP contribution in [0.25, 0.3) is 0 Å². The largest absolute Gasteiger partial charge is 0.777 e. The minimum absolute atomic E-state index is 0.177. The Balaban J connectivity index is 3.28. The summed E-state index contributed by atoms with van der Waals surface area (Å²) in [7, 11) is 0. The first kappa shape index (κ1) is 8.24. The van der Waals surface area contributed by atoms with Crippen LogP contribution in [0.3, 0.4) is 0 Å². The molecule has 0 spiro atoms. The second-order valence-electron chi connectivity index (χ2n) is 1.70. The minimum atomic E-state index is -0.455. The molecule has 0 saturated heterocycles. The van der Waals surface area contributed by atoms with Crippen molar-refractivity contribution in [3.8, 4) is 0 Å². The Kier molecular flexibility index (Phi) is 2.50. The van der Waals surface area contributed by atoms with E-state index in [2.05, 4.69) is 28.6 Å². The molecule has 0 amide bonds. The maximum atomic E-state index is 12.6. The SMILES string of the molecule is Fc1cc(Cl)c(Br)cc1[S-]. The summed E-state index contributed by atoms with van der Waals surface area (Å²) in [5.41, 5.74) is 0. The zero-order chi connectivity index (χ0) is 7.72. The smallest absolute Gasteiger partial charge is 0.105 e. The third kappa shape index (κ3) is 1.59. The topological polar surface area (TPSA) is 0 Å². The minimum Gasteiger partial charge on any atom is -0.777 e. The maximum absolute atomic E-state index is 12.6. The van der Waals surface area contributed by atoms with Crippen LogP contribution in [-0.4, -0.2) is 0 Å². The monoisotopic (exact) mass is 239 g/mol. The Hall–Kier alpha value is 0.140. The normalized spacial score (nSPS) is 9.90. The lowest BCUT2D eigenvalue weighted by molar-refractivity contribution is 0.602. The quantitative estimate of drug-likeness (QED) is 0.496. The molecule has 1 aromatic carbocycles. The van der Waals surface area contributed by atoms with Gasteiger partial charge in [0.05, 0.1) is 5.02 Å². The fourth-order valence-corrected chi connectivity index (χ4v) is 1.33. The molecule has 1 aromatic rings. The molecule has 0 atom stereocenters. The molecule has 0 fully saturated rings. The molecule has 0 radical (unpaired) electrons. The van der Waals surface area contributed by atoms with Crippen LogP contribution in [0.4, 0.5) is 4.39 Å². The van der Waals surface area contributed by atoms with Gasteiger partial charge in [0.25, 0.3) is 0 Å². The second-order valence-corrected chi connectivity index (χ2v) is 3.40. The van der Waals surface area contributed by atoms with Crippen LogP contribution in [-0.2, 0) is 12.6 Å². The molecule has 0 N–H and O–H groups in total. The fourth-order valence-electron chi connectivity index (χ4n) is 0.504. The van der Waals surface area contributed by atoms with Crippen LogP contribution in [0.2, 0.25) is 5.02 Å². The summed E-state index contributed by atoms with van der Waals surface area (Å²) in [5.74, 6) is -0.455. The van der Waals surface area contributed by atoms with E-state index in [0.717, 1.165) is 0 Å². The number of rotatable bonds is 0. The lowest BCUT2D eigenvalue weighted by atomic mass is 10.3. The standard InChI is InChI=1S/C6H3BrClFS/c7-3-1-6(10)5(9)2-4(3)8/h1-2,10H/p-1. The zero-order valence-corrected chi connectivity index (χ0v) is 7.86. The van der Waals surface area contributed by atoms with E-state index < -0.39 is 5.82 Å². The van der Waals surface area contributed by atoms with Gasteiger partial charge in [0.1, 0.15) is 5.82 Å². The number of halogens is 3. The first-order valence-corrected chi connectivity index (χ1v) is 4.00. The second kappa shape index (κ2) is 3.03. The van der Waals surface area contributed by atoms with Gasteiger partial charge in [0.15, 0.2) is 0 Å². The van der Waals surface area contributed by atoms with Crippen molar-refractivity contribution in [2.24, 2.45) is 0 Å². The summed E-state index contributed by atoms with van der Waals surface area (Å²) < 4.78 is 13.2. The van der Waals surface area contributed by atoms with E-state index in [1.807, 2.05) is 0 Å². The van der Waals surface area contributed by atoms with Gasteiger partial charge in [-0.1, -0.05) is 17.7 Å². The fraction of sp³-hybridized carbons (Fsp3) is 0. The Morgan fingerprint density at radius 1 is 1.50 bits per heavy atom. The highest BCUT2D eigenvalue weighted by atomic mass is 79.9. The summed E-state index contributed by atoms with van der Waals surface area (Å²) in [6.45, 7) is 0. The zero-order valence-electron chi connectivity index (χ0n) is 4.70. The van der Waals surface area contributed by atoms with E-state index in [1.165, 1.54) is 12.1 Å². The van der Waals surface area contributed by atoms with Crippen LogP contribution >= 0.6 is 27.5 Å². The number of benzene rings is 1. The van der Waals surface area contributed by atoms with Gasteiger partial charge in [-0.15, -0.1) is 4.90 Å². The predicted octanol–water partition coefficient (Wildman–Crippen LogP) is 3.15. The first-order chi connectivity index (χ1) is 4.61. The molecule has 54 valence electrons. The van der Waals surface area contributed by atoms with E-state index in [1.54, 1.807) is 0 Å². The van der Waals surface area contributed by atoms with E-state index in [4.69, 9.17) is 11.6 Å². The van der Waals surface area contributed by atoms with Gasteiger partial charge >= 0.3 is 0 Å². The molecule has 0 aliphatic carbocycles. The Labute approximate surface area is 76.9 Å². The van der Waals surface area contributed by atoms with Gasteiger partial charge in [-0.3, -0.25) is 0 Å². The van der Waals surface area contributed by atoms with E-state index in [9.17, 15) is 4.39 Å². The first-order valence-electron chi connectivity index (χ1n) is 2.43. The van der Waals surface area contributed by atoms with Crippen LogP contribution in [0.1, 0.15) is 0 Å². The molecule has 0 unspecified atom stereocenters. The summed E-state index contributed by atoms with van der Waals surface area (Å²) >= 11 is 13.3. The van der Waals surface area contributed by atoms with Crippen LogP contribution in [0.5, 0.6) is 0 Å². The van der Waals surface area contributed by atoms with Gasteiger partial charge in [-0.25, -0.2) is 4.39 Å². The highest BCUT2D eigenvalue weighted by molar-refractivity contribution is 9.10. The van der Waals surface area contributed by atoms with Gasteiger partial charge in [0.2, 0.25) is 0 Å². The molecule has 10 heavy (non-hydrogen) atoms. The van der Waals surface area contributed by atoms with Gasteiger partial charge in [0, 0.05) is 4.47 Å². The van der Waals surface area contributed by atoms with Crippen molar-refractivity contribution < 1.29 is 4.39 Å². The van der Waals surface area contributed by atoms with Crippen molar-refractivity contribution in [3.05, 3.63) is 27.4 Å². The molecule has 0 aliphatic rings. The molecule has 0 aromatic heterocycles. The molecule has 0 heterocycles. The average Bonchev–Trinajstić information content (AvgIpc) is 1.84. The number of hydrogen-bond acceptors (Lipinski definition) is 1. The van der Waals surface area contributed by atoms with Crippen molar-refractivity contribution in [1.82, 2.24) is 0 Å². The predicted molar refractivity (Wildman–Crippen MR) is 44.7 cm³/mol. The van der Waals surface area contributed by atoms with Crippen molar-refractivity contribution in [2.45, 2.75) is 4.90 Å². The van der Waals surface area contributed by atoms with Crippen LogP contribution in [0, 0.1) is 5.82 Å². The summed E-state index contributed by atoms with van der Waals surface area (Å²) in [6.07, 6.45) is 0. The Morgan fingerprint density at radius 3 is 2.60 bits per heavy atom. The molecule has 4 heteroatoms. The number of hydrogen-bond donors (Lipinski definition) is 0. The summed E-state index contributed by atoms with van der Waals surface area (Å²) in [5, 5.41) is 0.339. The summed E-state index contributed by atoms with van der Waals surface area (Å²) in [6, 6.07) is 2.65. The lowest BCUT2D eigenvalue weighted by Crippen LogP contribution is -1.80. The van der Waals surface area contributed by atoms with Crippen LogP contribution < -0.4 is 0 Å². The average molecular weight is 241 g/mol. The van der Waals surface area contributed by atoms with Gasteiger partial charge < -0.3 is 12.6 Å². The highest BCUT2D eigenvalue weighted by Gasteiger charge is 1.97. The van der Waals surface area contributed by atoms with Gasteiger partial charge in [-0.2, -0.15) is 0 Å². The molecule has 0 aliphatic heterocycles. The van der Waals surface area contributed by atoms with E-state index in [-0.39, 0.29) is 4.90 Å². The summed E-state index contributed by atoms with van der Waals surface area (Å²) in [4.78, 5) is 0.177. The molecular formula is C6H2BrClFS-. The third-order valence-corrected chi connectivity index (χ3v) is 2.48. The van der Waals surface area contributed by atoms with Crippen LogP contribution in [0.15, 0.2) is 21.5 Å². The Morgan fingerprint density at radius 2 is 2.10 bits per heavy atom. The molecule has 0 bridgehead atoms.